The fourth-order valence-electron chi connectivity index (χ4n) is 2.05. The number of hydrogen-bond acceptors (Lipinski definition) is 4. The predicted molar refractivity (Wildman–Crippen MR) is 83.8 cm³/mol. The summed E-state index contributed by atoms with van der Waals surface area (Å²) < 4.78 is 0. The second kappa shape index (κ2) is 5.93. The molecule has 1 aromatic carbocycles. The van der Waals surface area contributed by atoms with Crippen molar-refractivity contribution in [2.75, 3.05) is 11.9 Å². The van der Waals surface area contributed by atoms with Crippen molar-refractivity contribution in [1.29, 1.82) is 0 Å². The van der Waals surface area contributed by atoms with Gasteiger partial charge in [0.25, 0.3) is 5.56 Å². The highest BCUT2D eigenvalue weighted by Crippen LogP contribution is 2.15. The normalized spacial score (nSPS) is 10.7. The summed E-state index contributed by atoms with van der Waals surface area (Å²) in [6.07, 6.45) is 2.51. The smallest absolute Gasteiger partial charge is 0.260 e. The lowest BCUT2D eigenvalue weighted by Gasteiger charge is -2.06. The van der Waals surface area contributed by atoms with Crippen molar-refractivity contribution < 1.29 is 0 Å². The van der Waals surface area contributed by atoms with Gasteiger partial charge in [0, 0.05) is 29.9 Å². The van der Waals surface area contributed by atoms with Crippen LogP contribution in [0.3, 0.4) is 0 Å². The molecule has 0 radical (unpaired) electrons. The minimum Gasteiger partial charge on any atom is -0.355 e. The van der Waals surface area contributed by atoms with Gasteiger partial charge < -0.3 is 5.32 Å². The number of hydrogen-bond donors (Lipinski definition) is 2. The van der Waals surface area contributed by atoms with Crippen molar-refractivity contribution in [3.8, 4) is 0 Å². The molecule has 0 unspecified atom stereocenters. The van der Waals surface area contributed by atoms with Crippen LogP contribution in [0.1, 0.15) is 5.69 Å². The third kappa shape index (κ3) is 3.20. The number of pyridine rings is 1. The number of fused-ring (bicyclic) bond motifs is 1. The lowest BCUT2D eigenvalue weighted by molar-refractivity contribution is 0.942. The maximum Gasteiger partial charge on any atom is 0.260 e. The zero-order valence-corrected chi connectivity index (χ0v) is 11.9. The second-order valence-electron chi connectivity index (χ2n) is 4.57. The first kappa shape index (κ1) is 13.6. The molecule has 6 heteroatoms. The number of H-pyrrole nitrogens is 1. The fraction of sp³-hybridized carbons (Fsp3) is 0.133. The summed E-state index contributed by atoms with van der Waals surface area (Å²) in [6.45, 7) is 0.638. The number of rotatable bonds is 4. The predicted octanol–water partition coefficient (Wildman–Crippen LogP) is 2.63. The highest BCUT2D eigenvalue weighted by atomic mass is 35.5. The summed E-state index contributed by atoms with van der Waals surface area (Å²) >= 11 is 5.88. The standard InChI is InChI=1S/C15H13ClN4O/c16-10-4-5-13-12(9-10)14(21)20-15(19-13)18-8-6-11-3-1-2-7-17-11/h1-5,7,9H,6,8H2,(H2,18,19,20,21). The molecule has 0 aliphatic rings. The van der Waals surface area contributed by atoms with E-state index >= 15 is 0 Å². The summed E-state index contributed by atoms with van der Waals surface area (Å²) in [4.78, 5) is 23.3. The van der Waals surface area contributed by atoms with E-state index in [1.165, 1.54) is 0 Å². The van der Waals surface area contributed by atoms with E-state index in [0.29, 0.717) is 28.4 Å². The zero-order valence-electron chi connectivity index (χ0n) is 11.1. The Bertz CT molecular complexity index is 817. The molecule has 0 spiro atoms. The van der Waals surface area contributed by atoms with E-state index in [1.54, 1.807) is 24.4 Å². The Labute approximate surface area is 126 Å². The van der Waals surface area contributed by atoms with E-state index in [1.807, 2.05) is 18.2 Å². The lowest BCUT2D eigenvalue weighted by atomic mass is 10.2. The Balaban J connectivity index is 1.76. The number of anilines is 1. The van der Waals surface area contributed by atoms with E-state index in [9.17, 15) is 4.79 Å². The Morgan fingerprint density at radius 1 is 1.24 bits per heavy atom. The van der Waals surface area contributed by atoms with Gasteiger partial charge in [-0.3, -0.25) is 14.8 Å². The number of benzene rings is 1. The van der Waals surface area contributed by atoms with Crippen LogP contribution < -0.4 is 10.9 Å². The Kier molecular flexibility index (Phi) is 3.83. The van der Waals surface area contributed by atoms with Gasteiger partial charge >= 0.3 is 0 Å². The highest BCUT2D eigenvalue weighted by molar-refractivity contribution is 6.31. The third-order valence-electron chi connectivity index (χ3n) is 3.07. The zero-order chi connectivity index (χ0) is 14.7. The van der Waals surface area contributed by atoms with E-state index in [4.69, 9.17) is 11.6 Å². The Morgan fingerprint density at radius 2 is 2.14 bits per heavy atom. The third-order valence-corrected chi connectivity index (χ3v) is 3.30. The average molecular weight is 301 g/mol. The molecule has 3 rings (SSSR count). The molecular formula is C15H13ClN4O. The SMILES string of the molecule is O=c1[nH]c(NCCc2ccccn2)nc2ccc(Cl)cc12. The Hall–Kier alpha value is -2.40. The first-order valence-electron chi connectivity index (χ1n) is 6.56. The second-order valence-corrected chi connectivity index (χ2v) is 5.01. The highest BCUT2D eigenvalue weighted by Gasteiger charge is 2.04. The summed E-state index contributed by atoms with van der Waals surface area (Å²) in [5, 5.41) is 4.10. The van der Waals surface area contributed by atoms with Gasteiger partial charge in [-0.15, -0.1) is 0 Å². The number of aromatic nitrogens is 3. The van der Waals surface area contributed by atoms with Crippen LogP contribution in [0.25, 0.3) is 10.9 Å². The topological polar surface area (TPSA) is 70.7 Å². The molecule has 21 heavy (non-hydrogen) atoms. The number of nitrogens with one attached hydrogen (secondary N) is 2. The molecule has 0 bridgehead atoms. The van der Waals surface area contributed by atoms with Crippen LogP contribution in [0.5, 0.6) is 0 Å². The maximum atomic E-state index is 12.0. The average Bonchev–Trinajstić information content (AvgIpc) is 2.49. The summed E-state index contributed by atoms with van der Waals surface area (Å²) in [5.41, 5.74) is 1.39. The van der Waals surface area contributed by atoms with Crippen LogP contribution in [0.2, 0.25) is 5.02 Å². The minimum absolute atomic E-state index is 0.206. The summed E-state index contributed by atoms with van der Waals surface area (Å²) in [7, 11) is 0. The number of halogens is 1. The van der Waals surface area contributed by atoms with Gasteiger partial charge in [0.1, 0.15) is 0 Å². The van der Waals surface area contributed by atoms with Gasteiger partial charge in [0.15, 0.2) is 0 Å². The monoisotopic (exact) mass is 300 g/mol. The van der Waals surface area contributed by atoms with Crippen molar-refractivity contribution in [2.45, 2.75) is 6.42 Å². The van der Waals surface area contributed by atoms with Crippen molar-refractivity contribution in [1.82, 2.24) is 15.0 Å². The molecule has 0 saturated heterocycles. The first-order chi connectivity index (χ1) is 10.2. The molecule has 0 atom stereocenters. The van der Waals surface area contributed by atoms with Crippen LogP contribution in [-0.4, -0.2) is 21.5 Å². The maximum absolute atomic E-state index is 12.0. The van der Waals surface area contributed by atoms with Crippen LogP contribution in [-0.2, 0) is 6.42 Å². The van der Waals surface area contributed by atoms with Crippen molar-refractivity contribution in [3.05, 3.63) is 63.7 Å². The van der Waals surface area contributed by atoms with E-state index in [-0.39, 0.29) is 5.56 Å². The molecule has 2 N–H and O–H groups in total. The molecular weight excluding hydrogens is 288 g/mol. The molecule has 2 heterocycles. The van der Waals surface area contributed by atoms with Gasteiger partial charge in [0.2, 0.25) is 5.95 Å². The van der Waals surface area contributed by atoms with Gasteiger partial charge in [-0.1, -0.05) is 17.7 Å². The minimum atomic E-state index is -0.206. The van der Waals surface area contributed by atoms with Crippen LogP contribution in [0.4, 0.5) is 5.95 Å². The summed E-state index contributed by atoms with van der Waals surface area (Å²) in [5.74, 6) is 0.450. The van der Waals surface area contributed by atoms with Crippen molar-refractivity contribution in [3.63, 3.8) is 0 Å². The number of nitrogens with zero attached hydrogens (tertiary/aromatic N) is 2. The lowest BCUT2D eigenvalue weighted by Crippen LogP contribution is -2.15. The van der Waals surface area contributed by atoms with E-state index in [2.05, 4.69) is 20.3 Å². The molecule has 3 aromatic rings. The Morgan fingerprint density at radius 3 is 2.95 bits per heavy atom. The molecule has 0 aliphatic carbocycles. The first-order valence-corrected chi connectivity index (χ1v) is 6.93. The van der Waals surface area contributed by atoms with Crippen LogP contribution in [0.15, 0.2) is 47.4 Å². The molecule has 0 amide bonds. The molecule has 0 fully saturated rings. The van der Waals surface area contributed by atoms with Crippen molar-refractivity contribution in [2.24, 2.45) is 0 Å². The molecule has 0 saturated carbocycles. The van der Waals surface area contributed by atoms with Crippen molar-refractivity contribution >= 4 is 28.5 Å². The van der Waals surface area contributed by atoms with Gasteiger partial charge in [-0.2, -0.15) is 0 Å². The van der Waals surface area contributed by atoms with Gasteiger partial charge in [0.05, 0.1) is 10.9 Å². The molecule has 2 aromatic heterocycles. The van der Waals surface area contributed by atoms with Crippen LogP contribution in [0, 0.1) is 0 Å². The summed E-state index contributed by atoms with van der Waals surface area (Å²) in [6, 6.07) is 10.8. The number of aromatic amines is 1. The molecule has 5 nitrogen and oxygen atoms in total. The van der Waals surface area contributed by atoms with Gasteiger partial charge in [-0.25, -0.2) is 4.98 Å². The van der Waals surface area contributed by atoms with Crippen LogP contribution >= 0.6 is 11.6 Å². The fourth-order valence-corrected chi connectivity index (χ4v) is 2.22. The van der Waals surface area contributed by atoms with E-state index in [0.717, 1.165) is 12.1 Å². The van der Waals surface area contributed by atoms with E-state index < -0.39 is 0 Å². The molecule has 106 valence electrons. The van der Waals surface area contributed by atoms with Gasteiger partial charge in [-0.05, 0) is 30.3 Å². The largest absolute Gasteiger partial charge is 0.355 e. The molecule has 0 aliphatic heterocycles. The quantitative estimate of drug-likeness (QED) is 0.777.